The van der Waals surface area contributed by atoms with Gasteiger partial charge in [0.15, 0.2) is 0 Å². The van der Waals surface area contributed by atoms with E-state index >= 15 is 0 Å². The molecule has 0 spiro atoms. The molecule has 0 bridgehead atoms. The third-order valence-electron chi connectivity index (χ3n) is 3.85. The zero-order chi connectivity index (χ0) is 17.2. The summed E-state index contributed by atoms with van der Waals surface area (Å²) in [6.07, 6.45) is 2.54. The van der Waals surface area contributed by atoms with E-state index in [1.54, 1.807) is 6.33 Å². The Labute approximate surface area is 145 Å². The fraction of sp³-hybridized carbons (Fsp3) is 0.471. The fourth-order valence-corrected chi connectivity index (χ4v) is 2.63. The number of carbonyl (C=O) groups excluding carboxylic acids is 1. The number of amides is 1. The van der Waals surface area contributed by atoms with Crippen molar-refractivity contribution >= 4 is 21.8 Å². The SMILES string of the molecule is CCC(C)(C)NC(=O)c1cc(Br)cc(-n2cnnc2C(C)C)c1. The Kier molecular flexibility index (Phi) is 5.24. The van der Waals surface area contributed by atoms with Crippen molar-refractivity contribution in [1.29, 1.82) is 0 Å². The maximum Gasteiger partial charge on any atom is 0.251 e. The van der Waals surface area contributed by atoms with Gasteiger partial charge < -0.3 is 5.32 Å². The highest BCUT2D eigenvalue weighted by Crippen LogP contribution is 2.23. The molecule has 1 aromatic carbocycles. The number of nitrogens with zero attached hydrogens (tertiary/aromatic N) is 3. The first-order valence-electron chi connectivity index (χ1n) is 7.77. The number of hydrogen-bond acceptors (Lipinski definition) is 3. The van der Waals surface area contributed by atoms with E-state index in [0.717, 1.165) is 22.4 Å². The summed E-state index contributed by atoms with van der Waals surface area (Å²) in [5.41, 5.74) is 1.24. The van der Waals surface area contributed by atoms with Crippen molar-refractivity contribution in [2.75, 3.05) is 0 Å². The monoisotopic (exact) mass is 378 g/mol. The summed E-state index contributed by atoms with van der Waals surface area (Å²) in [5, 5.41) is 11.2. The van der Waals surface area contributed by atoms with Crippen LogP contribution in [0.4, 0.5) is 0 Å². The molecule has 124 valence electrons. The van der Waals surface area contributed by atoms with E-state index in [4.69, 9.17) is 0 Å². The summed E-state index contributed by atoms with van der Waals surface area (Å²) < 4.78 is 2.76. The molecule has 6 heteroatoms. The molecule has 1 N–H and O–H groups in total. The molecule has 2 aromatic rings. The summed E-state index contributed by atoms with van der Waals surface area (Å²) in [4.78, 5) is 12.5. The lowest BCUT2D eigenvalue weighted by Gasteiger charge is -2.24. The first kappa shape index (κ1) is 17.7. The molecule has 0 aliphatic heterocycles. The van der Waals surface area contributed by atoms with Gasteiger partial charge in [-0.1, -0.05) is 36.7 Å². The maximum atomic E-state index is 12.5. The van der Waals surface area contributed by atoms with Crippen LogP contribution in [0.5, 0.6) is 0 Å². The molecule has 2 rings (SSSR count). The Bertz CT molecular complexity index is 706. The van der Waals surface area contributed by atoms with Crippen LogP contribution in [0.2, 0.25) is 0 Å². The topological polar surface area (TPSA) is 59.8 Å². The minimum Gasteiger partial charge on any atom is -0.347 e. The molecule has 0 radical (unpaired) electrons. The number of aromatic nitrogens is 3. The van der Waals surface area contributed by atoms with Crippen LogP contribution in [0.3, 0.4) is 0 Å². The first-order valence-corrected chi connectivity index (χ1v) is 8.56. The lowest BCUT2D eigenvalue weighted by atomic mass is 10.0. The summed E-state index contributed by atoms with van der Waals surface area (Å²) in [6, 6.07) is 5.64. The van der Waals surface area contributed by atoms with Gasteiger partial charge in [0.2, 0.25) is 0 Å². The van der Waals surface area contributed by atoms with Crippen molar-refractivity contribution in [1.82, 2.24) is 20.1 Å². The predicted octanol–water partition coefficient (Wildman–Crippen LogP) is 4.07. The number of benzene rings is 1. The highest BCUT2D eigenvalue weighted by atomic mass is 79.9. The molecular formula is C17H23BrN4O. The highest BCUT2D eigenvalue weighted by molar-refractivity contribution is 9.10. The lowest BCUT2D eigenvalue weighted by molar-refractivity contribution is 0.0911. The summed E-state index contributed by atoms with van der Waals surface area (Å²) in [7, 11) is 0. The Morgan fingerprint density at radius 3 is 2.65 bits per heavy atom. The van der Waals surface area contributed by atoms with Gasteiger partial charge in [-0.3, -0.25) is 9.36 Å². The molecule has 0 atom stereocenters. The predicted molar refractivity (Wildman–Crippen MR) is 95.0 cm³/mol. The highest BCUT2D eigenvalue weighted by Gasteiger charge is 2.20. The molecule has 0 saturated carbocycles. The Morgan fingerprint density at radius 1 is 1.35 bits per heavy atom. The van der Waals surface area contributed by atoms with Gasteiger partial charge in [0.05, 0.1) is 5.69 Å². The molecular weight excluding hydrogens is 356 g/mol. The number of hydrogen-bond donors (Lipinski definition) is 1. The zero-order valence-corrected chi connectivity index (χ0v) is 15.8. The van der Waals surface area contributed by atoms with E-state index in [1.807, 2.05) is 36.6 Å². The molecule has 1 aromatic heterocycles. The smallest absolute Gasteiger partial charge is 0.251 e. The molecule has 5 nitrogen and oxygen atoms in total. The molecule has 23 heavy (non-hydrogen) atoms. The zero-order valence-electron chi connectivity index (χ0n) is 14.2. The Morgan fingerprint density at radius 2 is 2.04 bits per heavy atom. The van der Waals surface area contributed by atoms with Gasteiger partial charge in [0.1, 0.15) is 12.2 Å². The van der Waals surface area contributed by atoms with Crippen LogP contribution in [-0.2, 0) is 0 Å². The van der Waals surface area contributed by atoms with Crippen molar-refractivity contribution in [3.63, 3.8) is 0 Å². The summed E-state index contributed by atoms with van der Waals surface area (Å²) in [6.45, 7) is 10.2. The molecule has 0 unspecified atom stereocenters. The largest absolute Gasteiger partial charge is 0.347 e. The summed E-state index contributed by atoms with van der Waals surface area (Å²) >= 11 is 3.49. The number of carbonyl (C=O) groups is 1. The van der Waals surface area contributed by atoms with Gasteiger partial charge in [-0.2, -0.15) is 0 Å². The van der Waals surface area contributed by atoms with Crippen LogP contribution in [-0.4, -0.2) is 26.2 Å². The lowest BCUT2D eigenvalue weighted by Crippen LogP contribution is -2.42. The molecule has 1 heterocycles. The van der Waals surface area contributed by atoms with E-state index in [2.05, 4.69) is 52.2 Å². The average Bonchev–Trinajstić information content (AvgIpc) is 2.96. The normalized spacial score (nSPS) is 11.8. The minimum atomic E-state index is -0.237. The van der Waals surface area contributed by atoms with Crippen LogP contribution < -0.4 is 5.32 Å². The number of nitrogens with one attached hydrogen (secondary N) is 1. The van der Waals surface area contributed by atoms with Gasteiger partial charge >= 0.3 is 0 Å². The quantitative estimate of drug-likeness (QED) is 0.852. The Hall–Kier alpha value is -1.69. The van der Waals surface area contributed by atoms with Gasteiger partial charge in [0, 0.05) is 21.5 Å². The van der Waals surface area contributed by atoms with E-state index in [1.165, 1.54) is 0 Å². The van der Waals surface area contributed by atoms with Crippen LogP contribution in [0, 0.1) is 0 Å². The second kappa shape index (κ2) is 6.83. The molecule has 1 amide bonds. The molecule has 0 fully saturated rings. The minimum absolute atomic E-state index is 0.0847. The fourth-order valence-electron chi connectivity index (χ4n) is 2.15. The van der Waals surface area contributed by atoms with Gasteiger partial charge in [-0.15, -0.1) is 10.2 Å². The van der Waals surface area contributed by atoms with E-state index in [9.17, 15) is 4.79 Å². The van der Waals surface area contributed by atoms with Crippen molar-refractivity contribution in [3.05, 3.63) is 40.4 Å². The second-order valence-electron chi connectivity index (χ2n) is 6.60. The van der Waals surface area contributed by atoms with Crippen molar-refractivity contribution in [2.45, 2.75) is 52.5 Å². The van der Waals surface area contributed by atoms with E-state index in [0.29, 0.717) is 5.56 Å². The van der Waals surface area contributed by atoms with Gasteiger partial charge in [-0.05, 0) is 38.5 Å². The van der Waals surface area contributed by atoms with Crippen molar-refractivity contribution in [2.24, 2.45) is 0 Å². The van der Waals surface area contributed by atoms with Gasteiger partial charge in [0.25, 0.3) is 5.91 Å². The average molecular weight is 379 g/mol. The molecule has 0 saturated heterocycles. The number of rotatable bonds is 5. The molecule has 0 aliphatic carbocycles. The molecule has 0 aliphatic rings. The van der Waals surface area contributed by atoms with Crippen molar-refractivity contribution in [3.8, 4) is 5.69 Å². The second-order valence-corrected chi connectivity index (χ2v) is 7.52. The van der Waals surface area contributed by atoms with Crippen LogP contribution in [0.1, 0.15) is 63.1 Å². The number of halogens is 1. The maximum absolute atomic E-state index is 12.5. The standard InChI is InChI=1S/C17H23BrN4O/c1-6-17(4,5)20-16(23)12-7-13(18)9-14(8-12)22-10-19-21-15(22)11(2)3/h7-11H,6H2,1-5H3,(H,20,23). The van der Waals surface area contributed by atoms with Crippen LogP contribution >= 0.6 is 15.9 Å². The van der Waals surface area contributed by atoms with E-state index < -0.39 is 0 Å². The van der Waals surface area contributed by atoms with E-state index in [-0.39, 0.29) is 17.4 Å². The van der Waals surface area contributed by atoms with Crippen LogP contribution in [0.15, 0.2) is 29.0 Å². The van der Waals surface area contributed by atoms with Crippen molar-refractivity contribution < 1.29 is 4.79 Å². The van der Waals surface area contributed by atoms with Gasteiger partial charge in [-0.25, -0.2) is 0 Å². The third kappa shape index (κ3) is 4.19. The Balaban J connectivity index is 2.40. The third-order valence-corrected chi connectivity index (χ3v) is 4.31. The first-order chi connectivity index (χ1) is 10.7. The summed E-state index contributed by atoms with van der Waals surface area (Å²) in [5.74, 6) is 1.02. The van der Waals surface area contributed by atoms with Crippen LogP contribution in [0.25, 0.3) is 5.69 Å².